The summed E-state index contributed by atoms with van der Waals surface area (Å²) in [4.78, 5) is 0. The first-order chi connectivity index (χ1) is 9.74. The summed E-state index contributed by atoms with van der Waals surface area (Å²) < 4.78 is 1.16. The first kappa shape index (κ1) is 11.9. The minimum absolute atomic E-state index is 1.16. The highest BCUT2D eigenvalue weighted by Crippen LogP contribution is 2.36. The van der Waals surface area contributed by atoms with E-state index < -0.39 is 0 Å². The highest BCUT2D eigenvalue weighted by molar-refractivity contribution is 9.10. The van der Waals surface area contributed by atoms with Crippen LogP contribution in [0.25, 0.3) is 32.3 Å². The van der Waals surface area contributed by atoms with Crippen molar-refractivity contribution in [3.8, 4) is 0 Å². The summed E-state index contributed by atoms with van der Waals surface area (Å²) in [6.07, 6.45) is 0. The lowest BCUT2D eigenvalue weighted by atomic mass is 9.96. The highest BCUT2D eigenvalue weighted by atomic mass is 79.9. The van der Waals surface area contributed by atoms with Crippen LogP contribution in [-0.4, -0.2) is 0 Å². The second kappa shape index (κ2) is 4.32. The van der Waals surface area contributed by atoms with Gasteiger partial charge in [-0.05, 0) is 45.3 Å². The molecule has 4 aromatic carbocycles. The molecule has 0 fully saturated rings. The lowest BCUT2D eigenvalue weighted by Gasteiger charge is -2.10. The quantitative estimate of drug-likeness (QED) is 0.337. The molecule has 0 saturated carbocycles. The van der Waals surface area contributed by atoms with Crippen molar-refractivity contribution in [2.45, 2.75) is 6.92 Å². The van der Waals surface area contributed by atoms with Crippen molar-refractivity contribution in [1.29, 1.82) is 0 Å². The molecule has 96 valence electrons. The van der Waals surface area contributed by atoms with E-state index in [9.17, 15) is 0 Å². The fraction of sp³-hybridized carbons (Fsp3) is 0.0526. The molecule has 0 amide bonds. The normalized spacial score (nSPS) is 11.5. The Bertz CT molecular complexity index is 967. The van der Waals surface area contributed by atoms with E-state index in [0.717, 1.165) is 4.47 Å². The van der Waals surface area contributed by atoms with Crippen molar-refractivity contribution in [2.24, 2.45) is 0 Å². The van der Waals surface area contributed by atoms with E-state index in [-0.39, 0.29) is 0 Å². The van der Waals surface area contributed by atoms with Gasteiger partial charge >= 0.3 is 0 Å². The van der Waals surface area contributed by atoms with E-state index in [4.69, 9.17) is 0 Å². The molecule has 0 heterocycles. The summed E-state index contributed by atoms with van der Waals surface area (Å²) in [5.74, 6) is 0. The van der Waals surface area contributed by atoms with Crippen LogP contribution in [0.1, 0.15) is 5.56 Å². The van der Waals surface area contributed by atoms with E-state index in [1.165, 1.54) is 37.9 Å². The van der Waals surface area contributed by atoms with Gasteiger partial charge in [-0.15, -0.1) is 0 Å². The number of aryl methyl sites for hydroxylation is 1. The molecule has 0 aliphatic rings. The number of fused-ring (bicyclic) bond motifs is 5. The molecule has 0 N–H and O–H groups in total. The van der Waals surface area contributed by atoms with Crippen molar-refractivity contribution in [1.82, 2.24) is 0 Å². The van der Waals surface area contributed by atoms with Gasteiger partial charge in [-0.3, -0.25) is 0 Å². The lowest BCUT2D eigenvalue weighted by molar-refractivity contribution is 1.51. The van der Waals surface area contributed by atoms with Gasteiger partial charge in [0.05, 0.1) is 0 Å². The lowest BCUT2D eigenvalue weighted by Crippen LogP contribution is -1.83. The van der Waals surface area contributed by atoms with Crippen LogP contribution in [0.4, 0.5) is 0 Å². The minimum atomic E-state index is 1.16. The summed E-state index contributed by atoms with van der Waals surface area (Å²) in [6.45, 7) is 2.15. The summed E-state index contributed by atoms with van der Waals surface area (Å²) in [7, 11) is 0. The summed E-state index contributed by atoms with van der Waals surface area (Å²) in [6, 6.07) is 21.9. The van der Waals surface area contributed by atoms with Gasteiger partial charge in [0, 0.05) is 4.47 Å². The molecule has 0 nitrogen and oxygen atoms in total. The highest BCUT2D eigenvalue weighted by Gasteiger charge is 2.07. The molecule has 20 heavy (non-hydrogen) atoms. The molecule has 4 aromatic rings. The fourth-order valence-electron chi connectivity index (χ4n) is 2.98. The monoisotopic (exact) mass is 320 g/mol. The van der Waals surface area contributed by atoms with E-state index in [2.05, 4.69) is 83.5 Å². The van der Waals surface area contributed by atoms with Crippen molar-refractivity contribution < 1.29 is 0 Å². The van der Waals surface area contributed by atoms with Gasteiger partial charge in [-0.25, -0.2) is 0 Å². The molecule has 0 aliphatic carbocycles. The maximum absolute atomic E-state index is 3.73. The van der Waals surface area contributed by atoms with E-state index in [1.54, 1.807) is 0 Å². The van der Waals surface area contributed by atoms with Crippen LogP contribution in [-0.2, 0) is 0 Å². The molecule has 0 atom stereocenters. The van der Waals surface area contributed by atoms with Crippen LogP contribution in [0.2, 0.25) is 0 Å². The Hall–Kier alpha value is -1.86. The number of rotatable bonds is 0. The molecular formula is C19H13Br. The van der Waals surface area contributed by atoms with Crippen molar-refractivity contribution in [2.75, 3.05) is 0 Å². The van der Waals surface area contributed by atoms with Crippen LogP contribution >= 0.6 is 15.9 Å². The molecular weight excluding hydrogens is 308 g/mol. The van der Waals surface area contributed by atoms with E-state index in [0.29, 0.717) is 0 Å². The zero-order valence-electron chi connectivity index (χ0n) is 11.2. The second-order valence-corrected chi connectivity index (χ2v) is 6.14. The number of hydrogen-bond acceptors (Lipinski definition) is 0. The van der Waals surface area contributed by atoms with Crippen LogP contribution in [0.3, 0.4) is 0 Å². The number of hydrogen-bond donors (Lipinski definition) is 0. The topological polar surface area (TPSA) is 0 Å². The van der Waals surface area contributed by atoms with Crippen LogP contribution in [0, 0.1) is 6.92 Å². The molecule has 0 aliphatic heterocycles. The van der Waals surface area contributed by atoms with Gasteiger partial charge in [-0.1, -0.05) is 76.1 Å². The third-order valence-electron chi connectivity index (χ3n) is 3.96. The Balaban J connectivity index is 2.32. The summed E-state index contributed by atoms with van der Waals surface area (Å²) in [5.41, 5.74) is 1.30. The number of halogens is 1. The van der Waals surface area contributed by atoms with Crippen LogP contribution in [0.5, 0.6) is 0 Å². The largest absolute Gasteiger partial charge is 0.0616 e. The fourth-order valence-corrected chi connectivity index (χ4v) is 3.55. The van der Waals surface area contributed by atoms with Crippen LogP contribution in [0.15, 0.2) is 65.1 Å². The molecule has 0 bridgehead atoms. The molecule has 0 aromatic heterocycles. The Labute approximate surface area is 126 Å². The van der Waals surface area contributed by atoms with Gasteiger partial charge in [0.25, 0.3) is 0 Å². The number of benzene rings is 4. The predicted molar refractivity (Wildman–Crippen MR) is 91.4 cm³/mol. The SMILES string of the molecule is Cc1ccc2c(Br)cc3c4ccccc4ccc3c2c1. The Morgan fingerprint density at radius 3 is 2.30 bits per heavy atom. The van der Waals surface area contributed by atoms with Gasteiger partial charge in [0.1, 0.15) is 0 Å². The first-order valence-electron chi connectivity index (χ1n) is 6.74. The standard InChI is InChI=1S/C19H13Br/c1-12-6-8-16-17(10-12)15-9-7-13-4-2-3-5-14(13)18(15)11-19(16)20/h2-11H,1H3. The maximum Gasteiger partial charge on any atom is 0.0260 e. The Morgan fingerprint density at radius 2 is 1.40 bits per heavy atom. The first-order valence-corrected chi connectivity index (χ1v) is 7.54. The molecule has 0 spiro atoms. The van der Waals surface area contributed by atoms with Gasteiger partial charge < -0.3 is 0 Å². The van der Waals surface area contributed by atoms with Crippen molar-refractivity contribution in [3.63, 3.8) is 0 Å². The Morgan fingerprint density at radius 1 is 0.650 bits per heavy atom. The molecule has 0 unspecified atom stereocenters. The average Bonchev–Trinajstić information content (AvgIpc) is 2.47. The van der Waals surface area contributed by atoms with Crippen molar-refractivity contribution in [3.05, 3.63) is 70.7 Å². The van der Waals surface area contributed by atoms with Crippen LogP contribution < -0.4 is 0 Å². The predicted octanol–water partition coefficient (Wildman–Crippen LogP) is 6.22. The van der Waals surface area contributed by atoms with Gasteiger partial charge in [0.2, 0.25) is 0 Å². The average molecular weight is 321 g/mol. The molecule has 1 heteroatoms. The summed E-state index contributed by atoms with van der Waals surface area (Å²) in [5, 5.41) is 7.84. The molecule has 0 radical (unpaired) electrons. The second-order valence-electron chi connectivity index (χ2n) is 5.29. The molecule has 0 saturated heterocycles. The summed E-state index contributed by atoms with van der Waals surface area (Å²) >= 11 is 3.73. The Kier molecular flexibility index (Phi) is 2.58. The van der Waals surface area contributed by atoms with Crippen molar-refractivity contribution >= 4 is 48.2 Å². The third-order valence-corrected chi connectivity index (χ3v) is 4.62. The third kappa shape index (κ3) is 1.66. The van der Waals surface area contributed by atoms with Gasteiger partial charge in [-0.2, -0.15) is 0 Å². The van der Waals surface area contributed by atoms with E-state index >= 15 is 0 Å². The van der Waals surface area contributed by atoms with E-state index in [1.807, 2.05) is 0 Å². The zero-order valence-corrected chi connectivity index (χ0v) is 12.7. The maximum atomic E-state index is 3.73. The van der Waals surface area contributed by atoms with Gasteiger partial charge in [0.15, 0.2) is 0 Å². The minimum Gasteiger partial charge on any atom is -0.0616 e. The molecule has 4 rings (SSSR count). The zero-order chi connectivity index (χ0) is 13.7. The smallest absolute Gasteiger partial charge is 0.0260 e.